The smallest absolute Gasteiger partial charge is 0.246 e. The van der Waals surface area contributed by atoms with Gasteiger partial charge in [-0.05, 0) is 56.7 Å². The van der Waals surface area contributed by atoms with Gasteiger partial charge in [-0.3, -0.25) is 14.4 Å². The van der Waals surface area contributed by atoms with Crippen LogP contribution < -0.4 is 10.6 Å². The van der Waals surface area contributed by atoms with Crippen LogP contribution in [0.3, 0.4) is 0 Å². The SMILES string of the molecule is CC(C)OCCCN1C(=O)[C@@H]2[C@H](C(=O)Nc3ccc(F)c(Cl)c3)[C@@H]3C=C[C@@]2(O3)[C@@H]1C(=O)N[C@@H]1CCC[C@@H](C)[C@@H]1C. The first kappa shape index (κ1) is 29.0. The molecule has 4 aliphatic rings. The third kappa shape index (κ3) is 5.16. The largest absolute Gasteiger partial charge is 0.379 e. The number of amides is 3. The van der Waals surface area contributed by atoms with Crippen LogP contribution in [0, 0.1) is 29.5 Å². The molecular formula is C30H39ClFN3O5. The van der Waals surface area contributed by atoms with Gasteiger partial charge < -0.3 is 25.0 Å². The highest BCUT2D eigenvalue weighted by Gasteiger charge is 2.72. The number of likely N-dealkylation sites (tertiary alicyclic amines) is 1. The van der Waals surface area contributed by atoms with Crippen molar-refractivity contribution in [1.82, 2.24) is 10.2 Å². The third-order valence-electron chi connectivity index (χ3n) is 9.14. The summed E-state index contributed by atoms with van der Waals surface area (Å²) >= 11 is 5.91. The van der Waals surface area contributed by atoms with E-state index in [0.29, 0.717) is 37.1 Å². The summed E-state index contributed by atoms with van der Waals surface area (Å²) in [5, 5.41) is 5.91. The first-order valence-corrected chi connectivity index (χ1v) is 14.8. The van der Waals surface area contributed by atoms with Crippen LogP contribution in [0.1, 0.15) is 53.4 Å². The summed E-state index contributed by atoms with van der Waals surface area (Å²) < 4.78 is 25.8. The van der Waals surface area contributed by atoms with Crippen LogP contribution in [0.25, 0.3) is 0 Å². The fourth-order valence-electron chi connectivity index (χ4n) is 6.91. The summed E-state index contributed by atoms with van der Waals surface area (Å²) in [6.07, 6.45) is 6.59. The summed E-state index contributed by atoms with van der Waals surface area (Å²) in [5.41, 5.74) is -0.920. The van der Waals surface area contributed by atoms with E-state index in [1.807, 2.05) is 13.8 Å². The lowest BCUT2D eigenvalue weighted by Gasteiger charge is -2.38. The zero-order valence-corrected chi connectivity index (χ0v) is 24.2. The zero-order chi connectivity index (χ0) is 28.8. The first-order valence-electron chi connectivity index (χ1n) is 14.4. The molecule has 0 radical (unpaired) electrons. The van der Waals surface area contributed by atoms with E-state index in [1.165, 1.54) is 18.2 Å². The summed E-state index contributed by atoms with van der Waals surface area (Å²) in [4.78, 5) is 43.2. The molecule has 8 atom stereocenters. The number of nitrogens with zero attached hydrogens (tertiary/aromatic N) is 1. The second-order valence-electron chi connectivity index (χ2n) is 12.0. The van der Waals surface area contributed by atoms with E-state index in [0.717, 1.165) is 19.3 Å². The van der Waals surface area contributed by atoms with E-state index < -0.39 is 41.3 Å². The summed E-state index contributed by atoms with van der Waals surface area (Å²) in [7, 11) is 0. The molecule has 2 bridgehead atoms. The highest BCUT2D eigenvalue weighted by Crippen LogP contribution is 2.55. The van der Waals surface area contributed by atoms with E-state index in [9.17, 15) is 18.8 Å². The molecule has 2 saturated heterocycles. The molecule has 10 heteroatoms. The summed E-state index contributed by atoms with van der Waals surface area (Å²) in [6.45, 7) is 9.01. The lowest BCUT2D eigenvalue weighted by atomic mass is 9.73. The Labute approximate surface area is 240 Å². The Bertz CT molecular complexity index is 1190. The lowest BCUT2D eigenvalue weighted by Crippen LogP contribution is -2.58. The number of fused-ring (bicyclic) bond motifs is 1. The molecule has 3 amide bonds. The Kier molecular flexibility index (Phi) is 8.28. The normalized spacial score (nSPS) is 34.4. The quantitative estimate of drug-likeness (QED) is 0.338. The van der Waals surface area contributed by atoms with E-state index in [1.54, 1.807) is 17.1 Å². The maximum atomic E-state index is 14.0. The molecule has 40 heavy (non-hydrogen) atoms. The maximum Gasteiger partial charge on any atom is 0.246 e. The van der Waals surface area contributed by atoms with Crippen molar-refractivity contribution in [3.05, 3.63) is 41.2 Å². The van der Waals surface area contributed by atoms with Crippen molar-refractivity contribution < 1.29 is 28.2 Å². The number of rotatable bonds is 9. The van der Waals surface area contributed by atoms with Gasteiger partial charge in [0, 0.05) is 24.9 Å². The Morgan fingerprint density at radius 2 is 2.02 bits per heavy atom. The van der Waals surface area contributed by atoms with E-state index in [2.05, 4.69) is 24.5 Å². The number of nitrogens with one attached hydrogen (secondary N) is 2. The van der Waals surface area contributed by atoms with Crippen molar-refractivity contribution in [3.8, 4) is 0 Å². The minimum absolute atomic E-state index is 0.0119. The van der Waals surface area contributed by atoms with Gasteiger partial charge in [-0.15, -0.1) is 0 Å². The molecular weight excluding hydrogens is 537 g/mol. The number of hydrogen-bond acceptors (Lipinski definition) is 5. The van der Waals surface area contributed by atoms with Gasteiger partial charge in [0.15, 0.2) is 0 Å². The first-order chi connectivity index (χ1) is 19.0. The van der Waals surface area contributed by atoms with Crippen molar-refractivity contribution >= 4 is 35.0 Å². The van der Waals surface area contributed by atoms with Gasteiger partial charge >= 0.3 is 0 Å². The molecule has 3 heterocycles. The standard InChI is InChI=1S/C30H39ClFN3O5/c1-16(2)39-14-6-13-35-26(28(37)34-22-8-5-7-17(3)18(22)4)30-12-11-23(40-30)24(25(30)29(35)38)27(36)33-19-9-10-21(32)20(31)15-19/h9-12,15-18,22-26H,5-8,13-14H2,1-4H3,(H,33,36)(H,34,37)/t17-,18+,22-,23+,24-,25+,26+,30+/m1/s1. The number of carbonyl (C=O) groups is 3. The fourth-order valence-corrected chi connectivity index (χ4v) is 7.09. The summed E-state index contributed by atoms with van der Waals surface area (Å²) in [6, 6.07) is 3.03. The van der Waals surface area contributed by atoms with Crippen LogP contribution in [0.2, 0.25) is 5.02 Å². The average molecular weight is 576 g/mol. The van der Waals surface area contributed by atoms with Crippen molar-refractivity contribution in [3.63, 3.8) is 0 Å². The van der Waals surface area contributed by atoms with Gasteiger partial charge in [0.1, 0.15) is 17.5 Å². The molecule has 0 aromatic heterocycles. The van der Waals surface area contributed by atoms with Crippen LogP contribution in [0.5, 0.6) is 0 Å². The number of benzene rings is 1. The molecule has 1 aromatic rings. The van der Waals surface area contributed by atoms with Gasteiger partial charge in [0.2, 0.25) is 17.7 Å². The van der Waals surface area contributed by atoms with Crippen molar-refractivity contribution in [1.29, 1.82) is 0 Å². The van der Waals surface area contributed by atoms with Gasteiger partial charge in [-0.25, -0.2) is 4.39 Å². The molecule has 218 valence electrons. The Balaban J connectivity index is 1.41. The molecule has 1 aromatic carbocycles. The van der Waals surface area contributed by atoms with Crippen LogP contribution in [0.4, 0.5) is 10.1 Å². The highest BCUT2D eigenvalue weighted by molar-refractivity contribution is 6.31. The predicted octanol–water partition coefficient (Wildman–Crippen LogP) is 4.32. The van der Waals surface area contributed by atoms with E-state index in [-0.39, 0.29) is 29.0 Å². The van der Waals surface area contributed by atoms with Crippen LogP contribution in [-0.4, -0.2) is 65.7 Å². The van der Waals surface area contributed by atoms with E-state index >= 15 is 0 Å². The molecule has 3 aliphatic heterocycles. The van der Waals surface area contributed by atoms with Crippen molar-refractivity contribution in [2.75, 3.05) is 18.5 Å². The second-order valence-corrected chi connectivity index (χ2v) is 12.4. The maximum absolute atomic E-state index is 14.0. The van der Waals surface area contributed by atoms with Crippen LogP contribution in [0.15, 0.2) is 30.4 Å². The van der Waals surface area contributed by atoms with Crippen LogP contribution >= 0.6 is 11.6 Å². The number of halogens is 2. The Hall–Kier alpha value is -2.49. The van der Waals surface area contributed by atoms with E-state index in [4.69, 9.17) is 21.1 Å². The second kappa shape index (κ2) is 11.4. The Morgan fingerprint density at radius 1 is 1.25 bits per heavy atom. The van der Waals surface area contributed by atoms with Gasteiger partial charge in [-0.1, -0.05) is 50.4 Å². The lowest BCUT2D eigenvalue weighted by molar-refractivity contribution is -0.142. The molecule has 8 nitrogen and oxygen atoms in total. The number of carbonyl (C=O) groups excluding carboxylic acids is 3. The minimum atomic E-state index is -1.24. The third-order valence-corrected chi connectivity index (χ3v) is 9.43. The predicted molar refractivity (Wildman–Crippen MR) is 149 cm³/mol. The molecule has 3 fully saturated rings. The molecule has 2 N–H and O–H groups in total. The molecule has 1 spiro atoms. The van der Waals surface area contributed by atoms with Crippen molar-refractivity contribution in [2.45, 2.75) is 83.3 Å². The van der Waals surface area contributed by atoms with Crippen LogP contribution in [-0.2, 0) is 23.9 Å². The fraction of sp³-hybridized carbons (Fsp3) is 0.633. The van der Waals surface area contributed by atoms with Gasteiger partial charge in [0.05, 0.1) is 29.1 Å². The number of ether oxygens (including phenoxy) is 2. The Morgan fingerprint density at radius 3 is 2.75 bits per heavy atom. The molecule has 1 aliphatic carbocycles. The molecule has 5 rings (SSSR count). The molecule has 0 unspecified atom stereocenters. The topological polar surface area (TPSA) is 97.0 Å². The highest BCUT2D eigenvalue weighted by atomic mass is 35.5. The van der Waals surface area contributed by atoms with Gasteiger partial charge in [0.25, 0.3) is 0 Å². The summed E-state index contributed by atoms with van der Waals surface area (Å²) in [5.74, 6) is -2.45. The number of anilines is 1. The van der Waals surface area contributed by atoms with Crippen molar-refractivity contribution in [2.24, 2.45) is 23.7 Å². The zero-order valence-electron chi connectivity index (χ0n) is 23.5. The van der Waals surface area contributed by atoms with Gasteiger partial charge in [-0.2, -0.15) is 0 Å². The monoisotopic (exact) mass is 575 g/mol. The molecule has 1 saturated carbocycles. The minimum Gasteiger partial charge on any atom is -0.379 e. The number of hydrogen-bond donors (Lipinski definition) is 2. The average Bonchev–Trinajstić information content (AvgIpc) is 3.54.